The number of ether oxygens (including phenoxy) is 1. The van der Waals surface area contributed by atoms with Gasteiger partial charge in [0.25, 0.3) is 11.8 Å². The van der Waals surface area contributed by atoms with Crippen molar-refractivity contribution in [3.05, 3.63) is 65.2 Å². The first-order chi connectivity index (χ1) is 16.9. The Morgan fingerprint density at radius 2 is 1.71 bits per heavy atom. The average Bonchev–Trinajstić information content (AvgIpc) is 3.12. The van der Waals surface area contributed by atoms with Crippen LogP contribution in [-0.4, -0.2) is 59.7 Å². The number of nitrogens with zero attached hydrogens (tertiary/aromatic N) is 2. The zero-order chi connectivity index (χ0) is 25.4. The molecule has 8 nitrogen and oxygen atoms in total. The van der Waals surface area contributed by atoms with Crippen LogP contribution < -0.4 is 10.1 Å². The van der Waals surface area contributed by atoms with Gasteiger partial charge in [0.2, 0.25) is 11.8 Å². The van der Waals surface area contributed by atoms with Crippen molar-refractivity contribution in [3.63, 3.8) is 0 Å². The molecule has 0 saturated carbocycles. The Hall–Kier alpha value is -3.68. The van der Waals surface area contributed by atoms with Gasteiger partial charge in [-0.3, -0.25) is 24.1 Å². The molecule has 0 radical (unpaired) electrons. The third-order valence-corrected chi connectivity index (χ3v) is 6.13. The van der Waals surface area contributed by atoms with Crippen LogP contribution in [0.1, 0.15) is 65.8 Å². The molecule has 2 aromatic carbocycles. The van der Waals surface area contributed by atoms with Crippen LogP contribution in [0.3, 0.4) is 0 Å². The number of carbonyl (C=O) groups excluding carboxylic acids is 4. The van der Waals surface area contributed by atoms with E-state index in [1.165, 1.54) is 4.90 Å². The summed E-state index contributed by atoms with van der Waals surface area (Å²) in [6.07, 6.45) is 2.23. The maximum atomic E-state index is 13.3. The van der Waals surface area contributed by atoms with Crippen LogP contribution in [0.15, 0.2) is 48.5 Å². The molecule has 35 heavy (non-hydrogen) atoms. The summed E-state index contributed by atoms with van der Waals surface area (Å²) in [5.74, 6) is -0.442. The van der Waals surface area contributed by atoms with Crippen molar-refractivity contribution in [2.75, 3.05) is 20.2 Å². The van der Waals surface area contributed by atoms with E-state index in [4.69, 9.17) is 4.74 Å². The fourth-order valence-corrected chi connectivity index (χ4v) is 4.06. The van der Waals surface area contributed by atoms with E-state index >= 15 is 0 Å². The summed E-state index contributed by atoms with van der Waals surface area (Å²) in [7, 11) is 1.57. The molecule has 8 heteroatoms. The van der Waals surface area contributed by atoms with Crippen LogP contribution in [0, 0.1) is 0 Å². The maximum absolute atomic E-state index is 13.3. The highest BCUT2D eigenvalue weighted by Crippen LogP contribution is 2.23. The molecule has 186 valence electrons. The Bertz CT molecular complexity index is 1050. The number of methoxy groups -OCH3 is 1. The van der Waals surface area contributed by atoms with E-state index in [1.54, 1.807) is 43.2 Å². The number of imide groups is 1. The molecular formula is C27H33N3O5. The number of hydrogen-bond acceptors (Lipinski definition) is 5. The predicted molar refractivity (Wildman–Crippen MR) is 132 cm³/mol. The summed E-state index contributed by atoms with van der Waals surface area (Å²) in [6.45, 7) is 4.69. The minimum atomic E-state index is -0.676. The Morgan fingerprint density at radius 1 is 1.03 bits per heavy atom. The lowest BCUT2D eigenvalue weighted by Crippen LogP contribution is -2.48. The maximum Gasteiger partial charge on any atom is 0.261 e. The molecule has 0 spiro atoms. The number of fused-ring (bicyclic) bond motifs is 1. The van der Waals surface area contributed by atoms with Gasteiger partial charge in [0, 0.05) is 26.1 Å². The minimum Gasteiger partial charge on any atom is -0.497 e. The summed E-state index contributed by atoms with van der Waals surface area (Å²) in [4.78, 5) is 53.9. The number of benzene rings is 2. The highest BCUT2D eigenvalue weighted by molar-refractivity contribution is 6.21. The molecule has 0 aliphatic carbocycles. The second-order valence-corrected chi connectivity index (χ2v) is 8.60. The SMILES string of the molecule is CCCCNC(=O)[C@@H](C)N(Cc1cccc(OC)c1)C(=O)CCCN1C(=O)c2ccccc2C1=O. The summed E-state index contributed by atoms with van der Waals surface area (Å²) in [5, 5.41) is 2.89. The predicted octanol–water partition coefficient (Wildman–Crippen LogP) is 3.41. The molecule has 1 aliphatic heterocycles. The summed E-state index contributed by atoms with van der Waals surface area (Å²) in [6, 6.07) is 13.4. The fraction of sp³-hybridized carbons (Fsp3) is 0.407. The number of unbranched alkanes of at least 4 members (excludes halogenated alkanes) is 1. The number of nitrogens with one attached hydrogen (secondary N) is 1. The van der Waals surface area contributed by atoms with Crippen LogP contribution in [0.25, 0.3) is 0 Å². The van der Waals surface area contributed by atoms with Gasteiger partial charge in [-0.2, -0.15) is 0 Å². The van der Waals surface area contributed by atoms with Crippen LogP contribution in [-0.2, 0) is 16.1 Å². The van der Waals surface area contributed by atoms with Gasteiger partial charge in [0.05, 0.1) is 18.2 Å². The van der Waals surface area contributed by atoms with Gasteiger partial charge in [-0.1, -0.05) is 37.6 Å². The standard InChI is InChI=1S/C27H33N3O5/c1-4-5-15-28-25(32)19(2)30(18-20-10-8-11-21(17-20)35-3)24(31)14-9-16-29-26(33)22-12-6-7-13-23(22)27(29)34/h6-8,10-13,17,19H,4-5,9,14-16,18H2,1-3H3,(H,28,32)/t19-/m1/s1. The van der Waals surface area contributed by atoms with Crippen LogP contribution in [0.5, 0.6) is 5.75 Å². The van der Waals surface area contributed by atoms with Gasteiger partial charge in [0.15, 0.2) is 0 Å². The number of rotatable bonds is 12. The highest BCUT2D eigenvalue weighted by Gasteiger charge is 2.35. The Kier molecular flexibility index (Phi) is 9.00. The molecular weight excluding hydrogens is 446 g/mol. The molecule has 2 aromatic rings. The quantitative estimate of drug-likeness (QED) is 0.372. The first-order valence-electron chi connectivity index (χ1n) is 12.0. The Balaban J connectivity index is 1.67. The number of hydrogen-bond donors (Lipinski definition) is 1. The molecule has 0 aromatic heterocycles. The molecule has 0 unspecified atom stereocenters. The van der Waals surface area contributed by atoms with Crippen molar-refractivity contribution in [3.8, 4) is 5.75 Å². The van der Waals surface area contributed by atoms with Crippen molar-refractivity contribution in [2.45, 2.75) is 52.1 Å². The molecule has 1 N–H and O–H groups in total. The van der Waals surface area contributed by atoms with Crippen LogP contribution in [0.2, 0.25) is 0 Å². The molecule has 1 atom stereocenters. The smallest absolute Gasteiger partial charge is 0.261 e. The summed E-state index contributed by atoms with van der Waals surface area (Å²) >= 11 is 0. The van der Waals surface area contributed by atoms with Gasteiger partial charge in [-0.25, -0.2) is 0 Å². The van der Waals surface area contributed by atoms with Crippen LogP contribution in [0.4, 0.5) is 0 Å². The van der Waals surface area contributed by atoms with E-state index in [0.717, 1.165) is 18.4 Å². The number of amides is 4. The molecule has 4 amide bonds. The first kappa shape index (κ1) is 25.9. The lowest BCUT2D eigenvalue weighted by molar-refractivity contribution is -0.140. The molecule has 1 heterocycles. The van der Waals surface area contributed by atoms with E-state index < -0.39 is 6.04 Å². The second kappa shape index (κ2) is 12.1. The molecule has 3 rings (SSSR count). The minimum absolute atomic E-state index is 0.101. The summed E-state index contributed by atoms with van der Waals surface area (Å²) < 4.78 is 5.29. The average molecular weight is 480 g/mol. The fourth-order valence-electron chi connectivity index (χ4n) is 4.06. The molecule has 0 saturated heterocycles. The van der Waals surface area contributed by atoms with Gasteiger partial charge in [0.1, 0.15) is 11.8 Å². The zero-order valence-corrected chi connectivity index (χ0v) is 20.6. The third kappa shape index (κ3) is 6.26. The highest BCUT2D eigenvalue weighted by atomic mass is 16.5. The van der Waals surface area contributed by atoms with Crippen molar-refractivity contribution in [1.82, 2.24) is 15.1 Å². The normalized spacial score (nSPS) is 13.4. The van der Waals surface area contributed by atoms with Gasteiger partial charge in [-0.05, 0) is 49.6 Å². The molecule has 1 aliphatic rings. The van der Waals surface area contributed by atoms with E-state index in [-0.39, 0.29) is 43.1 Å². The lowest BCUT2D eigenvalue weighted by Gasteiger charge is -2.29. The van der Waals surface area contributed by atoms with Gasteiger partial charge in [-0.15, -0.1) is 0 Å². The van der Waals surface area contributed by atoms with E-state index in [1.807, 2.05) is 31.2 Å². The van der Waals surface area contributed by atoms with Crippen molar-refractivity contribution in [2.24, 2.45) is 0 Å². The van der Waals surface area contributed by atoms with Crippen molar-refractivity contribution >= 4 is 23.6 Å². The van der Waals surface area contributed by atoms with Gasteiger partial charge < -0.3 is 15.0 Å². The van der Waals surface area contributed by atoms with Crippen molar-refractivity contribution < 1.29 is 23.9 Å². The topological polar surface area (TPSA) is 96.0 Å². The Labute approximate surface area is 206 Å². The van der Waals surface area contributed by atoms with Crippen LogP contribution >= 0.6 is 0 Å². The number of carbonyl (C=O) groups is 4. The summed E-state index contributed by atoms with van der Waals surface area (Å²) in [5.41, 5.74) is 1.62. The Morgan fingerprint density at radius 3 is 2.34 bits per heavy atom. The largest absolute Gasteiger partial charge is 0.497 e. The molecule has 0 bridgehead atoms. The lowest BCUT2D eigenvalue weighted by atomic mass is 10.1. The van der Waals surface area contributed by atoms with E-state index in [9.17, 15) is 19.2 Å². The first-order valence-corrected chi connectivity index (χ1v) is 12.0. The van der Waals surface area contributed by atoms with E-state index in [0.29, 0.717) is 29.8 Å². The molecule has 0 fully saturated rings. The second-order valence-electron chi connectivity index (χ2n) is 8.60. The third-order valence-electron chi connectivity index (χ3n) is 6.13. The zero-order valence-electron chi connectivity index (χ0n) is 20.6. The van der Waals surface area contributed by atoms with Crippen molar-refractivity contribution in [1.29, 1.82) is 0 Å². The van der Waals surface area contributed by atoms with Gasteiger partial charge >= 0.3 is 0 Å². The van der Waals surface area contributed by atoms with E-state index in [2.05, 4.69) is 5.32 Å². The monoisotopic (exact) mass is 479 g/mol.